The number of rotatable bonds is 7. The molecular weight excluding hydrogens is 479 g/mol. The fourth-order valence-electron chi connectivity index (χ4n) is 5.41. The third kappa shape index (κ3) is 5.87. The smallest absolute Gasteiger partial charge is 0.416 e. The Bertz CT molecular complexity index is 1190. The number of likely N-dealkylation sites (tertiary alicyclic amines) is 1. The van der Waals surface area contributed by atoms with Gasteiger partial charge in [-0.1, -0.05) is 42.8 Å². The van der Waals surface area contributed by atoms with Crippen LogP contribution in [0.2, 0.25) is 0 Å². The third-order valence-corrected chi connectivity index (χ3v) is 7.38. The number of benzene rings is 3. The maximum Gasteiger partial charge on any atom is 0.416 e. The van der Waals surface area contributed by atoms with Gasteiger partial charge in [-0.05, 0) is 61.3 Å². The summed E-state index contributed by atoms with van der Waals surface area (Å²) in [5.41, 5.74) is 1.87. The van der Waals surface area contributed by atoms with Crippen molar-refractivity contribution in [2.45, 2.75) is 37.3 Å². The fraction of sp³-hybridized carbons (Fsp3) is 0.400. The van der Waals surface area contributed by atoms with Crippen molar-refractivity contribution in [1.29, 1.82) is 0 Å². The Morgan fingerprint density at radius 2 is 1.65 bits per heavy atom. The van der Waals surface area contributed by atoms with Crippen molar-refractivity contribution in [3.8, 4) is 17.2 Å². The van der Waals surface area contributed by atoms with Crippen molar-refractivity contribution < 1.29 is 27.4 Å². The second-order valence-electron chi connectivity index (χ2n) is 9.74. The highest BCUT2D eigenvalue weighted by Gasteiger charge is 2.36. The van der Waals surface area contributed by atoms with E-state index in [9.17, 15) is 13.2 Å². The van der Waals surface area contributed by atoms with Crippen molar-refractivity contribution >= 4 is 0 Å². The van der Waals surface area contributed by atoms with Gasteiger partial charge in [0.05, 0.1) is 19.3 Å². The highest BCUT2D eigenvalue weighted by Crippen LogP contribution is 2.47. The molecule has 0 spiro atoms. The molecular formula is C30H32F3NO3. The number of hydrogen-bond donors (Lipinski definition) is 0. The standard InChI is InChI=1S/C30H32F3NO3/c1-35-25-12-13-26-28(19-25)37-20-27(22-6-5-7-23(18-22)30(31,32)33)29(26)21-8-10-24(11-9-21)36-17-16-34-14-3-2-4-15-34/h5-13,18-19,27,29H,2-4,14-17,20H2,1H3. The highest BCUT2D eigenvalue weighted by atomic mass is 19.4. The van der Waals surface area contributed by atoms with E-state index in [0.29, 0.717) is 23.7 Å². The monoisotopic (exact) mass is 511 g/mol. The van der Waals surface area contributed by atoms with Gasteiger partial charge < -0.3 is 14.2 Å². The summed E-state index contributed by atoms with van der Waals surface area (Å²) in [6, 6.07) is 19.2. The maximum atomic E-state index is 13.5. The highest BCUT2D eigenvalue weighted by molar-refractivity contribution is 5.51. The molecule has 0 aliphatic carbocycles. The van der Waals surface area contributed by atoms with Crippen LogP contribution in [0.5, 0.6) is 17.2 Å². The van der Waals surface area contributed by atoms with Crippen LogP contribution in [0.4, 0.5) is 13.2 Å². The van der Waals surface area contributed by atoms with Crippen LogP contribution < -0.4 is 14.2 Å². The van der Waals surface area contributed by atoms with Crippen molar-refractivity contribution in [3.63, 3.8) is 0 Å². The predicted molar refractivity (Wildman–Crippen MR) is 137 cm³/mol. The van der Waals surface area contributed by atoms with Crippen molar-refractivity contribution in [2.75, 3.05) is 40.0 Å². The predicted octanol–water partition coefficient (Wildman–Crippen LogP) is 6.89. The Balaban J connectivity index is 1.41. The van der Waals surface area contributed by atoms with Crippen LogP contribution in [0.15, 0.2) is 66.7 Å². The number of methoxy groups -OCH3 is 1. The van der Waals surface area contributed by atoms with Gasteiger partial charge in [-0.15, -0.1) is 0 Å². The second-order valence-corrected chi connectivity index (χ2v) is 9.74. The zero-order valence-corrected chi connectivity index (χ0v) is 21.0. The van der Waals surface area contributed by atoms with Gasteiger partial charge in [0.15, 0.2) is 0 Å². The van der Waals surface area contributed by atoms with E-state index in [-0.39, 0.29) is 18.4 Å². The van der Waals surface area contributed by atoms with Crippen molar-refractivity contribution in [3.05, 3.63) is 89.0 Å². The number of nitrogens with zero attached hydrogens (tertiary/aromatic N) is 1. The quantitative estimate of drug-likeness (QED) is 0.346. The van der Waals surface area contributed by atoms with Gasteiger partial charge in [-0.25, -0.2) is 0 Å². The van der Waals surface area contributed by atoms with E-state index in [1.54, 1.807) is 13.2 Å². The maximum absolute atomic E-state index is 13.5. The molecule has 2 unspecified atom stereocenters. The molecule has 0 N–H and O–H groups in total. The minimum atomic E-state index is -4.40. The Morgan fingerprint density at radius 3 is 2.38 bits per heavy atom. The van der Waals surface area contributed by atoms with E-state index in [4.69, 9.17) is 14.2 Å². The molecule has 2 heterocycles. The summed E-state index contributed by atoms with van der Waals surface area (Å²) in [7, 11) is 1.59. The second kappa shape index (κ2) is 11.1. The number of piperidine rings is 1. The van der Waals surface area contributed by atoms with E-state index >= 15 is 0 Å². The van der Waals surface area contributed by atoms with E-state index in [0.717, 1.165) is 42.6 Å². The lowest BCUT2D eigenvalue weighted by atomic mass is 9.75. The molecule has 2 atom stereocenters. The summed E-state index contributed by atoms with van der Waals surface area (Å²) in [6.45, 7) is 4.07. The van der Waals surface area contributed by atoms with Crippen LogP contribution in [-0.2, 0) is 6.18 Å². The zero-order chi connectivity index (χ0) is 25.8. The fourth-order valence-corrected chi connectivity index (χ4v) is 5.41. The topological polar surface area (TPSA) is 30.9 Å². The van der Waals surface area contributed by atoms with E-state index < -0.39 is 11.7 Å². The number of hydrogen-bond acceptors (Lipinski definition) is 4. The van der Waals surface area contributed by atoms with Crippen LogP contribution in [0.1, 0.15) is 53.4 Å². The third-order valence-electron chi connectivity index (χ3n) is 7.38. The largest absolute Gasteiger partial charge is 0.497 e. The van der Waals surface area contributed by atoms with Crippen molar-refractivity contribution in [1.82, 2.24) is 4.90 Å². The molecule has 0 radical (unpaired) electrons. The van der Waals surface area contributed by atoms with Gasteiger partial charge in [0, 0.05) is 30.0 Å². The van der Waals surface area contributed by atoms with Gasteiger partial charge in [0.25, 0.3) is 0 Å². The first-order valence-electron chi connectivity index (χ1n) is 12.9. The summed E-state index contributed by atoms with van der Waals surface area (Å²) in [6.07, 6.45) is -0.595. The molecule has 3 aromatic carbocycles. The Labute approximate surface area is 216 Å². The summed E-state index contributed by atoms with van der Waals surface area (Å²) < 4.78 is 57.9. The Morgan fingerprint density at radius 1 is 0.892 bits per heavy atom. The van der Waals surface area contributed by atoms with Gasteiger partial charge in [-0.3, -0.25) is 4.90 Å². The van der Waals surface area contributed by atoms with Crippen LogP contribution in [0.25, 0.3) is 0 Å². The molecule has 0 bridgehead atoms. The van der Waals surface area contributed by atoms with E-state index in [2.05, 4.69) is 4.90 Å². The molecule has 0 aromatic heterocycles. The van der Waals surface area contributed by atoms with Crippen LogP contribution in [-0.4, -0.2) is 44.9 Å². The van der Waals surface area contributed by atoms with Gasteiger partial charge in [0.2, 0.25) is 0 Å². The van der Waals surface area contributed by atoms with Gasteiger partial charge in [-0.2, -0.15) is 13.2 Å². The molecule has 196 valence electrons. The molecule has 7 heteroatoms. The molecule has 5 rings (SSSR count). The number of alkyl halides is 3. The summed E-state index contributed by atoms with van der Waals surface area (Å²) in [5.74, 6) is 1.69. The minimum absolute atomic E-state index is 0.180. The summed E-state index contributed by atoms with van der Waals surface area (Å²) in [5, 5.41) is 0. The zero-order valence-electron chi connectivity index (χ0n) is 21.0. The molecule has 1 saturated heterocycles. The lowest BCUT2D eigenvalue weighted by Crippen LogP contribution is -2.33. The summed E-state index contributed by atoms with van der Waals surface area (Å²) >= 11 is 0. The number of ether oxygens (including phenoxy) is 3. The molecule has 1 fully saturated rings. The van der Waals surface area contributed by atoms with Crippen molar-refractivity contribution in [2.24, 2.45) is 0 Å². The van der Waals surface area contributed by atoms with Crippen LogP contribution in [0.3, 0.4) is 0 Å². The molecule has 2 aliphatic heterocycles. The number of halogens is 3. The molecule has 0 amide bonds. The molecule has 2 aliphatic rings. The average molecular weight is 512 g/mol. The first kappa shape index (κ1) is 25.5. The van der Waals surface area contributed by atoms with Crippen LogP contribution >= 0.6 is 0 Å². The first-order chi connectivity index (χ1) is 17.9. The first-order valence-corrected chi connectivity index (χ1v) is 12.9. The molecule has 0 saturated carbocycles. The minimum Gasteiger partial charge on any atom is -0.497 e. The Hall–Kier alpha value is -3.19. The van der Waals surface area contributed by atoms with E-state index in [1.807, 2.05) is 42.5 Å². The number of fused-ring (bicyclic) bond motifs is 1. The SMILES string of the molecule is COc1ccc2c(c1)OCC(c1cccc(C(F)(F)F)c1)C2c1ccc(OCCN2CCCCC2)cc1. The average Bonchev–Trinajstić information content (AvgIpc) is 2.93. The van der Waals surface area contributed by atoms with Crippen LogP contribution in [0, 0.1) is 0 Å². The lowest BCUT2D eigenvalue weighted by molar-refractivity contribution is -0.137. The summed E-state index contributed by atoms with van der Waals surface area (Å²) in [4.78, 5) is 2.44. The molecule has 4 nitrogen and oxygen atoms in total. The van der Waals surface area contributed by atoms with Gasteiger partial charge in [0.1, 0.15) is 23.9 Å². The Kier molecular flexibility index (Phi) is 7.60. The normalized spacial score (nSPS) is 20.1. The van der Waals surface area contributed by atoms with Gasteiger partial charge >= 0.3 is 6.18 Å². The lowest BCUT2D eigenvalue weighted by Gasteiger charge is -2.35. The molecule has 3 aromatic rings. The molecule has 37 heavy (non-hydrogen) atoms. The van der Waals surface area contributed by atoms with E-state index in [1.165, 1.54) is 31.4 Å².